The van der Waals surface area contributed by atoms with Crippen LogP contribution in [0, 0.1) is 0 Å². The second-order valence-corrected chi connectivity index (χ2v) is 6.53. The summed E-state index contributed by atoms with van der Waals surface area (Å²) in [4.78, 5) is 25.1. The minimum absolute atomic E-state index is 0.0180. The Bertz CT molecular complexity index is 1030. The van der Waals surface area contributed by atoms with Gasteiger partial charge in [-0.05, 0) is 31.0 Å². The Kier molecular flexibility index (Phi) is 4.64. The molecule has 0 saturated carbocycles. The van der Waals surface area contributed by atoms with E-state index in [-0.39, 0.29) is 29.9 Å². The maximum atomic E-state index is 12.7. The number of phenolic OH excluding ortho intramolecular Hbond substituents is 1. The monoisotopic (exact) mass is 368 g/mol. The number of phenols is 1. The number of aromatic hydroxyl groups is 1. The molecule has 1 saturated heterocycles. The van der Waals surface area contributed by atoms with Crippen molar-refractivity contribution in [1.29, 1.82) is 0 Å². The minimum atomic E-state index is -0.328. The van der Waals surface area contributed by atoms with E-state index < -0.39 is 0 Å². The van der Waals surface area contributed by atoms with Gasteiger partial charge in [0.2, 0.25) is 0 Å². The van der Waals surface area contributed by atoms with E-state index in [0.29, 0.717) is 30.0 Å². The van der Waals surface area contributed by atoms with Crippen molar-refractivity contribution in [3.05, 3.63) is 64.2 Å². The fraction of sp³-hybridized carbons (Fsp3) is 0.316. The van der Waals surface area contributed by atoms with Crippen LogP contribution in [0.15, 0.2) is 47.4 Å². The van der Waals surface area contributed by atoms with Crippen molar-refractivity contribution in [1.82, 2.24) is 19.5 Å². The van der Waals surface area contributed by atoms with Crippen LogP contribution in [0.5, 0.6) is 5.75 Å². The molecule has 140 valence electrons. The van der Waals surface area contributed by atoms with Crippen LogP contribution in [0.3, 0.4) is 0 Å². The highest BCUT2D eigenvalue weighted by Crippen LogP contribution is 2.19. The van der Waals surface area contributed by atoms with Crippen LogP contribution in [0.4, 0.5) is 0 Å². The molecule has 0 radical (unpaired) electrons. The van der Waals surface area contributed by atoms with Crippen LogP contribution >= 0.6 is 0 Å². The van der Waals surface area contributed by atoms with Gasteiger partial charge in [-0.25, -0.2) is 13.9 Å². The molecule has 1 fully saturated rings. The lowest BCUT2D eigenvalue weighted by Crippen LogP contribution is -2.30. The molecule has 1 aliphatic heterocycles. The van der Waals surface area contributed by atoms with Gasteiger partial charge in [-0.15, -0.1) is 5.10 Å². The normalized spacial score (nSPS) is 15.1. The molecule has 0 spiro atoms. The molecule has 2 aromatic heterocycles. The number of fused-ring (bicyclic) bond motifs is 1. The van der Waals surface area contributed by atoms with Gasteiger partial charge in [0.15, 0.2) is 5.65 Å². The van der Waals surface area contributed by atoms with Crippen molar-refractivity contribution in [2.75, 3.05) is 13.2 Å². The van der Waals surface area contributed by atoms with Crippen molar-refractivity contribution in [3.8, 4) is 5.75 Å². The standard InChI is InChI=1S/C19H20N4O4/c24-16-4-2-1-3-13(16)11-20-18(25)14-5-6-17-21-23(19(26)22(17)12-14)15-7-9-27-10-8-15/h1-6,12,15,24H,7-11H2,(H,20,25). The van der Waals surface area contributed by atoms with E-state index in [1.165, 1.54) is 15.3 Å². The number of ether oxygens (including phenoxy) is 1. The number of nitrogens with one attached hydrogen (secondary N) is 1. The highest BCUT2D eigenvalue weighted by Gasteiger charge is 2.20. The molecule has 0 unspecified atom stereocenters. The Balaban J connectivity index is 1.55. The van der Waals surface area contributed by atoms with E-state index >= 15 is 0 Å². The number of pyridine rings is 1. The van der Waals surface area contributed by atoms with E-state index in [4.69, 9.17) is 4.74 Å². The quantitative estimate of drug-likeness (QED) is 0.727. The summed E-state index contributed by atoms with van der Waals surface area (Å²) in [6, 6.07) is 10.1. The molecule has 1 aliphatic rings. The predicted molar refractivity (Wildman–Crippen MR) is 97.8 cm³/mol. The molecule has 1 amide bonds. The van der Waals surface area contributed by atoms with Gasteiger partial charge in [0.1, 0.15) is 5.75 Å². The molecule has 8 heteroatoms. The van der Waals surface area contributed by atoms with E-state index in [9.17, 15) is 14.7 Å². The summed E-state index contributed by atoms with van der Waals surface area (Å²) >= 11 is 0. The molecule has 2 N–H and O–H groups in total. The minimum Gasteiger partial charge on any atom is -0.508 e. The number of carbonyl (C=O) groups is 1. The Labute approximate surface area is 155 Å². The topological polar surface area (TPSA) is 97.9 Å². The molecule has 3 aromatic rings. The number of rotatable bonds is 4. The molecule has 27 heavy (non-hydrogen) atoms. The molecule has 1 aromatic carbocycles. The summed E-state index contributed by atoms with van der Waals surface area (Å²) in [6.07, 6.45) is 3.00. The number of para-hydroxylation sites is 1. The zero-order valence-electron chi connectivity index (χ0n) is 14.7. The van der Waals surface area contributed by atoms with Crippen LogP contribution in [0.1, 0.15) is 34.8 Å². The Morgan fingerprint density at radius 2 is 2.00 bits per heavy atom. The number of benzene rings is 1. The summed E-state index contributed by atoms with van der Waals surface area (Å²) < 4.78 is 8.22. The Hall–Kier alpha value is -3.13. The summed E-state index contributed by atoms with van der Waals surface area (Å²) in [5.41, 5.74) is 1.22. The molecule has 4 rings (SSSR count). The van der Waals surface area contributed by atoms with Crippen molar-refractivity contribution >= 4 is 11.6 Å². The first-order valence-electron chi connectivity index (χ1n) is 8.87. The summed E-state index contributed by atoms with van der Waals surface area (Å²) in [5, 5.41) is 16.9. The van der Waals surface area contributed by atoms with Crippen molar-refractivity contribution in [2.45, 2.75) is 25.4 Å². The van der Waals surface area contributed by atoms with Crippen LogP contribution < -0.4 is 11.0 Å². The highest BCUT2D eigenvalue weighted by molar-refractivity contribution is 5.94. The SMILES string of the molecule is O=C(NCc1ccccc1O)c1ccc2nn(C3CCOCC3)c(=O)n2c1. The third-order valence-corrected chi connectivity index (χ3v) is 4.77. The van der Waals surface area contributed by atoms with Gasteiger partial charge in [0, 0.05) is 31.5 Å². The third kappa shape index (κ3) is 3.43. The fourth-order valence-corrected chi connectivity index (χ4v) is 3.23. The second-order valence-electron chi connectivity index (χ2n) is 6.53. The second kappa shape index (κ2) is 7.24. The average molecular weight is 368 g/mol. The van der Waals surface area contributed by atoms with Gasteiger partial charge in [-0.1, -0.05) is 18.2 Å². The number of carbonyl (C=O) groups excluding carboxylic acids is 1. The predicted octanol–water partition coefficient (Wildman–Crippen LogP) is 1.48. The maximum absolute atomic E-state index is 12.7. The number of hydrogen-bond donors (Lipinski definition) is 2. The Morgan fingerprint density at radius 1 is 1.22 bits per heavy atom. The van der Waals surface area contributed by atoms with Gasteiger partial charge in [-0.3, -0.25) is 4.79 Å². The van der Waals surface area contributed by atoms with Gasteiger partial charge in [0.25, 0.3) is 5.91 Å². The lowest BCUT2D eigenvalue weighted by Gasteiger charge is -2.20. The van der Waals surface area contributed by atoms with Gasteiger partial charge >= 0.3 is 5.69 Å². The van der Waals surface area contributed by atoms with Gasteiger partial charge in [-0.2, -0.15) is 0 Å². The summed E-state index contributed by atoms with van der Waals surface area (Å²) in [6.45, 7) is 1.43. The van der Waals surface area contributed by atoms with Crippen LogP contribution in [0.25, 0.3) is 5.65 Å². The zero-order chi connectivity index (χ0) is 18.8. The summed E-state index contributed by atoms with van der Waals surface area (Å²) in [7, 11) is 0. The lowest BCUT2D eigenvalue weighted by atomic mass is 10.1. The van der Waals surface area contributed by atoms with Crippen LogP contribution in [0.2, 0.25) is 0 Å². The third-order valence-electron chi connectivity index (χ3n) is 4.77. The molecular formula is C19H20N4O4. The smallest absolute Gasteiger partial charge is 0.350 e. The largest absolute Gasteiger partial charge is 0.508 e. The van der Waals surface area contributed by atoms with E-state index in [1.807, 2.05) is 0 Å². The summed E-state index contributed by atoms with van der Waals surface area (Å²) in [5.74, 6) is -0.201. The van der Waals surface area contributed by atoms with Crippen LogP contribution in [-0.4, -0.2) is 38.4 Å². The first kappa shape index (κ1) is 17.3. The van der Waals surface area contributed by atoms with E-state index in [1.54, 1.807) is 36.4 Å². The van der Waals surface area contributed by atoms with E-state index in [2.05, 4.69) is 10.4 Å². The average Bonchev–Trinajstić information content (AvgIpc) is 3.04. The van der Waals surface area contributed by atoms with Gasteiger partial charge in [0.05, 0.1) is 11.6 Å². The molecule has 8 nitrogen and oxygen atoms in total. The number of aromatic nitrogens is 3. The van der Waals surface area contributed by atoms with Gasteiger partial charge < -0.3 is 15.2 Å². The highest BCUT2D eigenvalue weighted by atomic mass is 16.5. The molecule has 3 heterocycles. The fourth-order valence-electron chi connectivity index (χ4n) is 3.23. The van der Waals surface area contributed by atoms with Crippen molar-refractivity contribution in [3.63, 3.8) is 0 Å². The molecule has 0 aliphatic carbocycles. The lowest BCUT2D eigenvalue weighted by molar-refractivity contribution is 0.0652. The zero-order valence-corrected chi connectivity index (χ0v) is 14.7. The van der Waals surface area contributed by atoms with Crippen molar-refractivity contribution in [2.24, 2.45) is 0 Å². The van der Waals surface area contributed by atoms with Crippen LogP contribution in [-0.2, 0) is 11.3 Å². The number of hydrogen-bond acceptors (Lipinski definition) is 5. The molecule has 0 bridgehead atoms. The maximum Gasteiger partial charge on any atom is 0.350 e. The first-order chi connectivity index (χ1) is 13.1. The number of amides is 1. The molecular weight excluding hydrogens is 348 g/mol. The first-order valence-corrected chi connectivity index (χ1v) is 8.87. The molecule has 0 atom stereocenters. The Morgan fingerprint density at radius 3 is 2.78 bits per heavy atom. The number of nitrogens with zero attached hydrogens (tertiary/aromatic N) is 3. The van der Waals surface area contributed by atoms with Crippen molar-refractivity contribution < 1.29 is 14.6 Å². The van der Waals surface area contributed by atoms with E-state index in [0.717, 1.165) is 12.8 Å².